The highest BCUT2D eigenvalue weighted by Gasteiger charge is 2.18. The van der Waals surface area contributed by atoms with E-state index in [4.69, 9.17) is 4.74 Å². The zero-order valence-corrected chi connectivity index (χ0v) is 10.7. The Kier molecular flexibility index (Phi) is 3.31. The molecule has 0 N–H and O–H groups in total. The molecule has 18 heavy (non-hydrogen) atoms. The van der Waals surface area contributed by atoms with Crippen LogP contribution >= 0.6 is 0 Å². The first-order chi connectivity index (χ1) is 8.84. The summed E-state index contributed by atoms with van der Waals surface area (Å²) in [5, 5.41) is 2.56. The van der Waals surface area contributed by atoms with E-state index in [1.165, 1.54) is 16.3 Å². The second-order valence-electron chi connectivity index (χ2n) is 4.86. The Bertz CT molecular complexity index is 531. The molecule has 2 heteroatoms. The number of fused-ring (bicyclic) bond motifs is 1. The second-order valence-corrected chi connectivity index (χ2v) is 4.86. The molecule has 1 aliphatic heterocycles. The molecule has 1 heterocycles. The highest BCUT2D eigenvalue weighted by Crippen LogP contribution is 2.24. The second kappa shape index (κ2) is 5.09. The predicted octanol–water partition coefficient (Wildman–Crippen LogP) is 3.03. The molecule has 2 nitrogen and oxygen atoms in total. The summed E-state index contributed by atoms with van der Waals surface area (Å²) >= 11 is 0. The third-order valence-corrected chi connectivity index (χ3v) is 3.78. The summed E-state index contributed by atoms with van der Waals surface area (Å²) < 4.78 is 5.41. The summed E-state index contributed by atoms with van der Waals surface area (Å²) in [4.78, 5) is 2.49. The van der Waals surface area contributed by atoms with Gasteiger partial charge in [0, 0.05) is 19.1 Å². The zero-order chi connectivity index (χ0) is 12.4. The third kappa shape index (κ3) is 2.26. The number of morpholine rings is 1. The number of hydrogen-bond donors (Lipinski definition) is 0. The van der Waals surface area contributed by atoms with Crippen LogP contribution in [0.25, 0.3) is 10.8 Å². The van der Waals surface area contributed by atoms with E-state index in [2.05, 4.69) is 42.2 Å². The largest absolute Gasteiger partial charge is 0.379 e. The Morgan fingerprint density at radius 2 is 2.00 bits per heavy atom. The first-order valence-electron chi connectivity index (χ1n) is 6.56. The Morgan fingerprint density at radius 3 is 2.83 bits per heavy atom. The quantitative estimate of drug-likeness (QED) is 0.800. The molecule has 93 valence electrons. The predicted molar refractivity (Wildman–Crippen MR) is 73.6 cm³/mol. The summed E-state index contributed by atoms with van der Waals surface area (Å²) in [6.07, 6.45) is 0. The number of hydrogen-bond acceptors (Lipinski definition) is 2. The molecule has 1 fully saturated rings. The van der Waals surface area contributed by atoms with Gasteiger partial charge < -0.3 is 4.74 Å². The van der Waals surface area contributed by atoms with E-state index in [1.54, 1.807) is 0 Å². The van der Waals surface area contributed by atoms with Gasteiger partial charge in [-0.25, -0.2) is 0 Å². The van der Waals surface area contributed by atoms with E-state index in [1.807, 2.05) is 12.1 Å². The van der Waals surface area contributed by atoms with Crippen LogP contribution in [-0.4, -0.2) is 31.2 Å². The summed E-state index contributed by atoms with van der Waals surface area (Å²) in [7, 11) is 0. The first kappa shape index (κ1) is 11.7. The van der Waals surface area contributed by atoms with Gasteiger partial charge in [-0.2, -0.15) is 0 Å². The van der Waals surface area contributed by atoms with Crippen molar-refractivity contribution in [3.8, 4) is 0 Å². The number of nitrogens with zero attached hydrogens (tertiary/aromatic N) is 1. The Balaban J connectivity index is 1.88. The molecule has 1 atom stereocenters. The lowest BCUT2D eigenvalue weighted by Gasteiger charge is -2.32. The molecular formula is C16H18NO. The van der Waals surface area contributed by atoms with Crippen LogP contribution in [0.2, 0.25) is 0 Å². The molecule has 3 rings (SSSR count). The maximum atomic E-state index is 5.41. The smallest absolute Gasteiger partial charge is 0.0594 e. The van der Waals surface area contributed by atoms with Crippen molar-refractivity contribution in [2.45, 2.75) is 13.0 Å². The van der Waals surface area contributed by atoms with E-state index >= 15 is 0 Å². The molecule has 1 aliphatic rings. The van der Waals surface area contributed by atoms with Crippen molar-refractivity contribution in [3.05, 3.63) is 48.0 Å². The van der Waals surface area contributed by atoms with Crippen LogP contribution in [0.5, 0.6) is 0 Å². The topological polar surface area (TPSA) is 12.5 Å². The monoisotopic (exact) mass is 240 g/mol. The molecule has 0 spiro atoms. The third-order valence-electron chi connectivity index (χ3n) is 3.78. The molecule has 2 aromatic rings. The lowest BCUT2D eigenvalue weighted by Crippen LogP contribution is -2.37. The maximum Gasteiger partial charge on any atom is 0.0594 e. The zero-order valence-electron chi connectivity index (χ0n) is 10.7. The average Bonchev–Trinajstić information content (AvgIpc) is 2.47. The average molecular weight is 240 g/mol. The van der Waals surface area contributed by atoms with Crippen LogP contribution in [-0.2, 0) is 4.74 Å². The Labute approximate surface area is 108 Å². The minimum atomic E-state index is 0.461. The van der Waals surface area contributed by atoms with Gasteiger partial charge in [-0.05, 0) is 41.5 Å². The van der Waals surface area contributed by atoms with E-state index in [0.29, 0.717) is 6.04 Å². The lowest BCUT2D eigenvalue weighted by atomic mass is 10.0. The summed E-state index contributed by atoms with van der Waals surface area (Å²) in [6.45, 7) is 6.05. The molecular weight excluding hydrogens is 222 g/mol. The fourth-order valence-electron chi connectivity index (χ4n) is 2.58. The molecule has 0 aromatic heterocycles. The van der Waals surface area contributed by atoms with Crippen molar-refractivity contribution in [2.24, 2.45) is 0 Å². The molecule has 0 aliphatic carbocycles. The molecule has 1 saturated heterocycles. The standard InChI is InChI=1S/C16H18NO/c1-13(17-8-10-18-11-9-17)15-7-6-14-4-2-3-5-16(14)12-15/h3-7,12-13H,8-11H2,1H3. The van der Waals surface area contributed by atoms with Crippen molar-refractivity contribution in [3.63, 3.8) is 0 Å². The van der Waals surface area contributed by atoms with Gasteiger partial charge in [0.05, 0.1) is 13.2 Å². The minimum Gasteiger partial charge on any atom is -0.379 e. The molecule has 1 unspecified atom stereocenters. The summed E-state index contributed by atoms with van der Waals surface area (Å²) in [5.74, 6) is 0. The van der Waals surface area contributed by atoms with Gasteiger partial charge in [-0.15, -0.1) is 0 Å². The van der Waals surface area contributed by atoms with Crippen LogP contribution in [0.4, 0.5) is 0 Å². The van der Waals surface area contributed by atoms with E-state index in [9.17, 15) is 0 Å². The molecule has 1 radical (unpaired) electrons. The van der Waals surface area contributed by atoms with Gasteiger partial charge in [-0.1, -0.05) is 24.3 Å². The van der Waals surface area contributed by atoms with Gasteiger partial charge in [0.25, 0.3) is 0 Å². The van der Waals surface area contributed by atoms with Gasteiger partial charge in [0.1, 0.15) is 0 Å². The van der Waals surface area contributed by atoms with Crippen molar-refractivity contribution in [1.82, 2.24) is 4.90 Å². The van der Waals surface area contributed by atoms with E-state index in [-0.39, 0.29) is 0 Å². The van der Waals surface area contributed by atoms with Gasteiger partial charge in [0.2, 0.25) is 0 Å². The summed E-state index contributed by atoms with van der Waals surface area (Å²) in [5.41, 5.74) is 1.38. The highest BCUT2D eigenvalue weighted by molar-refractivity contribution is 5.82. The number of ether oxygens (including phenoxy) is 1. The lowest BCUT2D eigenvalue weighted by molar-refractivity contribution is 0.0199. The molecule has 2 aromatic carbocycles. The van der Waals surface area contributed by atoms with Crippen LogP contribution in [0.1, 0.15) is 18.5 Å². The van der Waals surface area contributed by atoms with Crippen molar-refractivity contribution in [1.29, 1.82) is 0 Å². The minimum absolute atomic E-state index is 0.461. The molecule has 0 bridgehead atoms. The fourth-order valence-corrected chi connectivity index (χ4v) is 2.58. The maximum absolute atomic E-state index is 5.41. The van der Waals surface area contributed by atoms with Crippen LogP contribution in [0.15, 0.2) is 36.4 Å². The molecule has 0 saturated carbocycles. The molecule has 0 amide bonds. The number of benzene rings is 2. The van der Waals surface area contributed by atoms with Crippen LogP contribution in [0.3, 0.4) is 0 Å². The van der Waals surface area contributed by atoms with E-state index < -0.39 is 0 Å². The highest BCUT2D eigenvalue weighted by atomic mass is 16.5. The van der Waals surface area contributed by atoms with Crippen molar-refractivity contribution in [2.75, 3.05) is 26.3 Å². The summed E-state index contributed by atoms with van der Waals surface area (Å²) in [6, 6.07) is 16.4. The van der Waals surface area contributed by atoms with Gasteiger partial charge in [-0.3, -0.25) is 4.90 Å². The van der Waals surface area contributed by atoms with Crippen molar-refractivity contribution < 1.29 is 4.74 Å². The van der Waals surface area contributed by atoms with Gasteiger partial charge >= 0.3 is 0 Å². The van der Waals surface area contributed by atoms with Crippen LogP contribution < -0.4 is 0 Å². The number of rotatable bonds is 2. The van der Waals surface area contributed by atoms with E-state index in [0.717, 1.165) is 26.3 Å². The van der Waals surface area contributed by atoms with Crippen LogP contribution in [0, 0.1) is 6.07 Å². The first-order valence-corrected chi connectivity index (χ1v) is 6.56. The SMILES string of the molecule is CC(c1ccc2c[c]ccc2c1)N1CCOCC1. The van der Waals surface area contributed by atoms with Crippen molar-refractivity contribution >= 4 is 10.8 Å². The fraction of sp³-hybridized carbons (Fsp3) is 0.375. The normalized spacial score (nSPS) is 18.9. The Morgan fingerprint density at radius 1 is 1.17 bits per heavy atom. The van der Waals surface area contributed by atoms with Gasteiger partial charge in [0.15, 0.2) is 0 Å². The Hall–Kier alpha value is -1.38.